The molecule has 1 aromatic heterocycles. The topological polar surface area (TPSA) is 94.6 Å². The zero-order valence-electron chi connectivity index (χ0n) is 12.2. The van der Waals surface area contributed by atoms with Crippen LogP contribution in [0.5, 0.6) is 0 Å². The number of carbonyl (C=O) groups excluding carboxylic acids is 3. The molecule has 1 rings (SSSR count). The fourth-order valence-corrected chi connectivity index (χ4v) is 1.75. The van der Waals surface area contributed by atoms with Crippen LogP contribution in [-0.2, 0) is 19.1 Å². The van der Waals surface area contributed by atoms with Gasteiger partial charge in [-0.15, -0.1) is 0 Å². The summed E-state index contributed by atoms with van der Waals surface area (Å²) in [6, 6.07) is 2.11. The number of hydrogen-bond donors (Lipinski definition) is 1. The summed E-state index contributed by atoms with van der Waals surface area (Å²) in [6.07, 6.45) is 2.94. The molecule has 0 aliphatic rings. The molecule has 0 fully saturated rings. The molecule has 0 aliphatic carbocycles. The average molecular weight is 294 g/mol. The van der Waals surface area contributed by atoms with Gasteiger partial charge in [-0.2, -0.15) is 0 Å². The first-order valence-corrected chi connectivity index (χ1v) is 6.35. The van der Waals surface area contributed by atoms with E-state index in [1.807, 2.05) is 0 Å². The molecule has 7 nitrogen and oxygen atoms in total. The zero-order valence-corrected chi connectivity index (χ0v) is 12.2. The van der Waals surface area contributed by atoms with Gasteiger partial charge in [0.15, 0.2) is 0 Å². The maximum atomic E-state index is 12.1. The Bertz CT molecular complexity index is 503. The molecule has 0 aliphatic heterocycles. The van der Waals surface area contributed by atoms with Crippen molar-refractivity contribution in [3.63, 3.8) is 0 Å². The van der Waals surface area contributed by atoms with Crippen LogP contribution in [0.1, 0.15) is 23.7 Å². The van der Waals surface area contributed by atoms with E-state index in [1.165, 1.54) is 38.7 Å². The van der Waals surface area contributed by atoms with E-state index in [0.29, 0.717) is 5.56 Å². The Hall–Kier alpha value is -2.44. The molecule has 1 heterocycles. The number of esters is 2. The number of aromatic nitrogens is 1. The van der Waals surface area contributed by atoms with E-state index in [-0.39, 0.29) is 6.42 Å². The molecular weight excluding hydrogens is 276 g/mol. The lowest BCUT2D eigenvalue weighted by Crippen LogP contribution is -2.46. The van der Waals surface area contributed by atoms with Crippen molar-refractivity contribution >= 4 is 17.8 Å². The summed E-state index contributed by atoms with van der Waals surface area (Å²) >= 11 is 0. The smallest absolute Gasteiger partial charge is 0.328 e. The van der Waals surface area contributed by atoms with E-state index in [2.05, 4.69) is 19.8 Å². The molecule has 7 heteroatoms. The van der Waals surface area contributed by atoms with Gasteiger partial charge in [-0.1, -0.05) is 6.92 Å². The van der Waals surface area contributed by atoms with Gasteiger partial charge in [-0.3, -0.25) is 14.6 Å². The highest BCUT2D eigenvalue weighted by atomic mass is 16.5. The van der Waals surface area contributed by atoms with Crippen molar-refractivity contribution in [3.8, 4) is 0 Å². The number of amides is 1. The molecule has 0 bridgehead atoms. The normalized spacial score (nSPS) is 12.9. The van der Waals surface area contributed by atoms with Crippen LogP contribution in [0, 0.1) is 5.92 Å². The molecule has 0 aromatic carbocycles. The Morgan fingerprint density at radius 3 is 2.33 bits per heavy atom. The number of methoxy groups -OCH3 is 2. The summed E-state index contributed by atoms with van der Waals surface area (Å²) in [6.45, 7) is 1.66. The molecule has 0 radical (unpaired) electrons. The van der Waals surface area contributed by atoms with Crippen molar-refractivity contribution in [2.45, 2.75) is 19.4 Å². The maximum absolute atomic E-state index is 12.1. The van der Waals surface area contributed by atoms with E-state index in [9.17, 15) is 14.4 Å². The fraction of sp³-hybridized carbons (Fsp3) is 0.429. The number of rotatable bonds is 6. The van der Waals surface area contributed by atoms with Gasteiger partial charge in [-0.05, 0) is 18.1 Å². The Morgan fingerprint density at radius 2 is 1.81 bits per heavy atom. The second-order valence-corrected chi connectivity index (χ2v) is 4.47. The number of nitrogens with zero attached hydrogens (tertiary/aromatic N) is 1. The lowest BCUT2D eigenvalue weighted by atomic mass is 9.98. The predicted molar refractivity (Wildman–Crippen MR) is 73.3 cm³/mol. The third-order valence-corrected chi connectivity index (χ3v) is 2.97. The van der Waals surface area contributed by atoms with Crippen LogP contribution < -0.4 is 5.32 Å². The predicted octanol–water partition coefficient (Wildman–Crippen LogP) is 0.552. The van der Waals surface area contributed by atoms with Crippen molar-refractivity contribution in [2.75, 3.05) is 14.2 Å². The van der Waals surface area contributed by atoms with Gasteiger partial charge in [0.2, 0.25) is 0 Å². The highest BCUT2D eigenvalue weighted by Gasteiger charge is 2.29. The SMILES string of the molecule is COC(=O)C[C@H](C)[C@H](NC(=O)c1ccncc1)C(=O)OC. The molecule has 21 heavy (non-hydrogen) atoms. The Morgan fingerprint density at radius 1 is 1.19 bits per heavy atom. The van der Waals surface area contributed by atoms with Gasteiger partial charge >= 0.3 is 11.9 Å². The number of hydrogen-bond acceptors (Lipinski definition) is 6. The summed E-state index contributed by atoms with van der Waals surface area (Å²) in [4.78, 5) is 39.0. The van der Waals surface area contributed by atoms with Crippen LogP contribution in [0.25, 0.3) is 0 Å². The highest BCUT2D eigenvalue weighted by Crippen LogP contribution is 2.12. The van der Waals surface area contributed by atoms with Gasteiger partial charge in [0.05, 0.1) is 20.6 Å². The molecule has 2 atom stereocenters. The van der Waals surface area contributed by atoms with Crippen LogP contribution >= 0.6 is 0 Å². The molecule has 1 amide bonds. The minimum atomic E-state index is -0.935. The van der Waals surface area contributed by atoms with Crippen molar-refractivity contribution in [1.82, 2.24) is 10.3 Å². The van der Waals surface area contributed by atoms with Gasteiger partial charge in [-0.25, -0.2) is 4.79 Å². The molecule has 114 valence electrons. The molecule has 1 N–H and O–H groups in total. The quantitative estimate of drug-likeness (QED) is 0.770. The van der Waals surface area contributed by atoms with Crippen molar-refractivity contribution < 1.29 is 23.9 Å². The van der Waals surface area contributed by atoms with E-state index in [1.54, 1.807) is 6.92 Å². The molecule has 0 saturated heterocycles. The molecule has 0 unspecified atom stereocenters. The van der Waals surface area contributed by atoms with Gasteiger partial charge in [0.25, 0.3) is 5.91 Å². The molecule has 0 saturated carbocycles. The lowest BCUT2D eigenvalue weighted by molar-refractivity contribution is -0.146. The first-order valence-electron chi connectivity index (χ1n) is 6.35. The largest absolute Gasteiger partial charge is 0.469 e. The first-order chi connectivity index (χ1) is 9.99. The van der Waals surface area contributed by atoms with E-state index in [4.69, 9.17) is 0 Å². The summed E-state index contributed by atoms with van der Waals surface area (Å²) in [7, 11) is 2.48. The third kappa shape index (κ3) is 4.87. The number of nitrogens with one attached hydrogen (secondary N) is 1. The standard InChI is InChI=1S/C14H18N2O5/c1-9(8-11(17)20-2)12(14(19)21-3)16-13(18)10-4-6-15-7-5-10/h4-7,9,12H,8H2,1-3H3,(H,16,18)/t9-,12-/m0/s1. The lowest BCUT2D eigenvalue weighted by Gasteiger charge is -2.22. The minimum absolute atomic E-state index is 0.00705. The second-order valence-electron chi connectivity index (χ2n) is 4.47. The number of carbonyl (C=O) groups is 3. The van der Waals surface area contributed by atoms with Crippen LogP contribution in [-0.4, -0.2) is 43.1 Å². The molecule has 0 spiro atoms. The van der Waals surface area contributed by atoms with Crippen LogP contribution in [0.2, 0.25) is 0 Å². The van der Waals surface area contributed by atoms with E-state index >= 15 is 0 Å². The first kappa shape index (κ1) is 16.6. The number of pyridine rings is 1. The molecule has 1 aromatic rings. The Balaban J connectivity index is 2.81. The summed E-state index contributed by atoms with van der Waals surface area (Å²) in [5, 5.41) is 2.56. The maximum Gasteiger partial charge on any atom is 0.328 e. The highest BCUT2D eigenvalue weighted by molar-refractivity contribution is 5.96. The van der Waals surface area contributed by atoms with Crippen LogP contribution in [0.15, 0.2) is 24.5 Å². The van der Waals surface area contributed by atoms with Crippen LogP contribution in [0.3, 0.4) is 0 Å². The third-order valence-electron chi connectivity index (χ3n) is 2.97. The Labute approximate surface area is 122 Å². The minimum Gasteiger partial charge on any atom is -0.469 e. The molecular formula is C14H18N2O5. The van der Waals surface area contributed by atoms with E-state index in [0.717, 1.165) is 0 Å². The second kappa shape index (κ2) is 7.98. The zero-order chi connectivity index (χ0) is 15.8. The summed E-state index contributed by atoms with van der Waals surface area (Å²) in [5.74, 6) is -1.98. The fourth-order valence-electron chi connectivity index (χ4n) is 1.75. The van der Waals surface area contributed by atoms with Gasteiger partial charge in [0.1, 0.15) is 6.04 Å². The average Bonchev–Trinajstić information content (AvgIpc) is 2.52. The van der Waals surface area contributed by atoms with Gasteiger partial charge < -0.3 is 14.8 Å². The van der Waals surface area contributed by atoms with Gasteiger partial charge in [0, 0.05) is 18.0 Å². The van der Waals surface area contributed by atoms with E-state index < -0.39 is 29.8 Å². The van der Waals surface area contributed by atoms with Crippen molar-refractivity contribution in [2.24, 2.45) is 5.92 Å². The van der Waals surface area contributed by atoms with Crippen molar-refractivity contribution in [1.29, 1.82) is 0 Å². The van der Waals surface area contributed by atoms with Crippen molar-refractivity contribution in [3.05, 3.63) is 30.1 Å². The number of ether oxygens (including phenoxy) is 2. The van der Waals surface area contributed by atoms with Crippen LogP contribution in [0.4, 0.5) is 0 Å². The summed E-state index contributed by atoms with van der Waals surface area (Å²) in [5.41, 5.74) is 0.365. The Kier molecular flexibility index (Phi) is 6.32. The summed E-state index contributed by atoms with van der Waals surface area (Å²) < 4.78 is 9.23. The monoisotopic (exact) mass is 294 g/mol.